The van der Waals surface area contributed by atoms with Crippen LogP contribution in [-0.4, -0.2) is 36.2 Å². The Labute approximate surface area is 128 Å². The summed E-state index contributed by atoms with van der Waals surface area (Å²) in [6.07, 6.45) is 0.197. The maximum absolute atomic E-state index is 12.3. The third-order valence-electron chi connectivity index (χ3n) is 3.70. The Hall–Kier alpha value is -1.59. The summed E-state index contributed by atoms with van der Waals surface area (Å²) in [6.45, 7) is 5.88. The first-order valence-corrected chi connectivity index (χ1v) is 8.15. The van der Waals surface area contributed by atoms with Crippen molar-refractivity contribution in [2.24, 2.45) is 0 Å². The Morgan fingerprint density at radius 2 is 2.05 bits per heavy atom. The Morgan fingerprint density at radius 3 is 2.81 bits per heavy atom. The lowest BCUT2D eigenvalue weighted by Gasteiger charge is -2.35. The van der Waals surface area contributed by atoms with E-state index in [-0.39, 0.29) is 18.2 Å². The van der Waals surface area contributed by atoms with E-state index < -0.39 is 0 Å². The fourth-order valence-corrected chi connectivity index (χ4v) is 3.76. The number of rotatable bonds is 2. The zero-order chi connectivity index (χ0) is 14.8. The molecule has 1 aromatic carbocycles. The van der Waals surface area contributed by atoms with Crippen LogP contribution in [-0.2, 0) is 11.3 Å². The van der Waals surface area contributed by atoms with Gasteiger partial charge in [-0.1, -0.05) is 18.2 Å². The lowest BCUT2D eigenvalue weighted by Crippen LogP contribution is -2.51. The molecule has 4 nitrogen and oxygen atoms in total. The van der Waals surface area contributed by atoms with Crippen LogP contribution >= 0.6 is 11.3 Å². The number of carbonyl (C=O) groups is 1. The second kappa shape index (κ2) is 6.03. The first-order chi connectivity index (χ1) is 10.1. The standard InChI is InChI=1S/C16H20N2O2S/c1-11-8-18(9-12(2)20-11)16(19)17-7-13-10-21-15-6-4-3-5-14(13)15/h3-6,10-12H,7-9H2,1-2H3,(H,17,19). The monoisotopic (exact) mass is 304 g/mol. The van der Waals surface area contributed by atoms with Gasteiger partial charge in [0.25, 0.3) is 0 Å². The van der Waals surface area contributed by atoms with Crippen molar-refractivity contribution in [3.05, 3.63) is 35.2 Å². The zero-order valence-electron chi connectivity index (χ0n) is 12.3. The predicted octanol–water partition coefficient (Wildman–Crippen LogP) is 3.22. The summed E-state index contributed by atoms with van der Waals surface area (Å²) in [5.41, 5.74) is 1.18. The van der Waals surface area contributed by atoms with Gasteiger partial charge in [0.15, 0.2) is 0 Å². The van der Waals surface area contributed by atoms with Gasteiger partial charge >= 0.3 is 6.03 Å². The second-order valence-electron chi connectivity index (χ2n) is 5.58. The first kappa shape index (κ1) is 14.4. The maximum Gasteiger partial charge on any atom is 0.317 e. The molecule has 21 heavy (non-hydrogen) atoms. The van der Waals surface area contributed by atoms with Crippen LogP contribution in [0.25, 0.3) is 10.1 Å². The molecule has 2 aromatic rings. The highest BCUT2D eigenvalue weighted by Gasteiger charge is 2.25. The van der Waals surface area contributed by atoms with Crippen molar-refractivity contribution in [1.29, 1.82) is 0 Å². The van der Waals surface area contributed by atoms with Crippen LogP contribution in [0.4, 0.5) is 4.79 Å². The number of nitrogens with zero attached hydrogens (tertiary/aromatic N) is 1. The number of nitrogens with one attached hydrogen (secondary N) is 1. The van der Waals surface area contributed by atoms with Gasteiger partial charge in [0.2, 0.25) is 0 Å². The molecule has 5 heteroatoms. The Balaban J connectivity index is 1.63. The summed E-state index contributed by atoms with van der Waals surface area (Å²) in [5, 5.41) is 6.37. The van der Waals surface area contributed by atoms with Gasteiger partial charge in [-0.25, -0.2) is 4.79 Å². The molecular formula is C16H20N2O2S. The molecule has 0 bridgehead atoms. The predicted molar refractivity (Wildman–Crippen MR) is 85.6 cm³/mol. The van der Waals surface area contributed by atoms with E-state index in [9.17, 15) is 4.79 Å². The van der Waals surface area contributed by atoms with Crippen molar-refractivity contribution >= 4 is 27.5 Å². The SMILES string of the molecule is CC1CN(C(=O)NCc2csc3ccccc23)CC(C)O1. The minimum atomic E-state index is -0.00715. The number of hydrogen-bond donors (Lipinski definition) is 1. The van der Waals surface area contributed by atoms with Gasteiger partial charge in [-0.3, -0.25) is 0 Å². The van der Waals surface area contributed by atoms with E-state index in [0.29, 0.717) is 19.6 Å². The number of carbonyl (C=O) groups excluding carboxylic acids is 1. The summed E-state index contributed by atoms with van der Waals surface area (Å²) in [7, 11) is 0. The number of hydrogen-bond acceptors (Lipinski definition) is 3. The number of amides is 2. The van der Waals surface area contributed by atoms with Crippen molar-refractivity contribution in [2.45, 2.75) is 32.6 Å². The van der Waals surface area contributed by atoms with Gasteiger partial charge in [0.1, 0.15) is 0 Å². The third-order valence-corrected chi connectivity index (χ3v) is 4.71. The van der Waals surface area contributed by atoms with Gasteiger partial charge in [0, 0.05) is 24.3 Å². The highest BCUT2D eigenvalue weighted by atomic mass is 32.1. The number of benzene rings is 1. The Bertz CT molecular complexity index is 630. The lowest BCUT2D eigenvalue weighted by atomic mass is 10.2. The minimum Gasteiger partial charge on any atom is -0.372 e. The zero-order valence-corrected chi connectivity index (χ0v) is 13.2. The molecule has 1 fully saturated rings. The molecule has 112 valence electrons. The molecule has 1 aliphatic rings. The van der Waals surface area contributed by atoms with Gasteiger partial charge < -0.3 is 15.0 Å². The van der Waals surface area contributed by atoms with E-state index in [0.717, 1.165) is 0 Å². The Kier molecular flexibility index (Phi) is 4.12. The summed E-state index contributed by atoms with van der Waals surface area (Å²) < 4.78 is 6.91. The fraction of sp³-hybridized carbons (Fsp3) is 0.438. The van der Waals surface area contributed by atoms with Crippen LogP contribution < -0.4 is 5.32 Å². The lowest BCUT2D eigenvalue weighted by molar-refractivity contribution is -0.0545. The second-order valence-corrected chi connectivity index (χ2v) is 6.49. The average Bonchev–Trinajstić information content (AvgIpc) is 2.87. The topological polar surface area (TPSA) is 41.6 Å². The summed E-state index contributed by atoms with van der Waals surface area (Å²) in [6, 6.07) is 8.28. The van der Waals surface area contributed by atoms with Crippen LogP contribution in [0, 0.1) is 0 Å². The molecule has 2 unspecified atom stereocenters. The van der Waals surface area contributed by atoms with Crippen molar-refractivity contribution in [3.63, 3.8) is 0 Å². The molecule has 1 aliphatic heterocycles. The first-order valence-electron chi connectivity index (χ1n) is 7.27. The van der Waals surface area contributed by atoms with Crippen LogP contribution in [0.15, 0.2) is 29.6 Å². The van der Waals surface area contributed by atoms with Crippen LogP contribution in [0.1, 0.15) is 19.4 Å². The molecule has 2 atom stereocenters. The molecule has 1 N–H and O–H groups in total. The highest BCUT2D eigenvalue weighted by Crippen LogP contribution is 2.25. The molecule has 3 rings (SSSR count). The Morgan fingerprint density at radius 1 is 1.33 bits per heavy atom. The number of thiophene rings is 1. The molecule has 1 saturated heterocycles. The molecule has 2 amide bonds. The molecule has 1 aromatic heterocycles. The molecule has 0 saturated carbocycles. The number of morpholine rings is 1. The number of fused-ring (bicyclic) bond motifs is 1. The van der Waals surface area contributed by atoms with E-state index in [1.54, 1.807) is 11.3 Å². The van der Waals surface area contributed by atoms with Gasteiger partial charge in [-0.15, -0.1) is 11.3 Å². The van der Waals surface area contributed by atoms with Crippen molar-refractivity contribution in [3.8, 4) is 0 Å². The summed E-state index contributed by atoms with van der Waals surface area (Å²) in [5.74, 6) is 0. The number of urea groups is 1. The molecule has 0 spiro atoms. The smallest absolute Gasteiger partial charge is 0.317 e. The van der Waals surface area contributed by atoms with E-state index in [4.69, 9.17) is 4.74 Å². The van der Waals surface area contributed by atoms with Gasteiger partial charge in [-0.05, 0) is 36.2 Å². The largest absolute Gasteiger partial charge is 0.372 e. The molecular weight excluding hydrogens is 284 g/mol. The van der Waals surface area contributed by atoms with Crippen molar-refractivity contribution < 1.29 is 9.53 Å². The van der Waals surface area contributed by atoms with Crippen LogP contribution in [0.2, 0.25) is 0 Å². The van der Waals surface area contributed by atoms with Crippen LogP contribution in [0.5, 0.6) is 0 Å². The number of ether oxygens (including phenoxy) is 1. The molecule has 0 radical (unpaired) electrons. The maximum atomic E-state index is 12.3. The summed E-state index contributed by atoms with van der Waals surface area (Å²) in [4.78, 5) is 14.1. The van der Waals surface area contributed by atoms with Gasteiger partial charge in [0.05, 0.1) is 12.2 Å². The minimum absolute atomic E-state index is 0.00715. The highest BCUT2D eigenvalue weighted by molar-refractivity contribution is 7.17. The van der Waals surface area contributed by atoms with E-state index in [1.807, 2.05) is 30.9 Å². The van der Waals surface area contributed by atoms with Crippen molar-refractivity contribution in [1.82, 2.24) is 10.2 Å². The normalized spacial score (nSPS) is 22.5. The van der Waals surface area contributed by atoms with E-state index >= 15 is 0 Å². The summed E-state index contributed by atoms with van der Waals surface area (Å²) >= 11 is 1.72. The third kappa shape index (κ3) is 3.19. The van der Waals surface area contributed by atoms with Crippen LogP contribution in [0.3, 0.4) is 0 Å². The molecule has 2 heterocycles. The van der Waals surface area contributed by atoms with E-state index in [2.05, 4.69) is 22.8 Å². The van der Waals surface area contributed by atoms with E-state index in [1.165, 1.54) is 15.6 Å². The van der Waals surface area contributed by atoms with Crippen molar-refractivity contribution in [2.75, 3.05) is 13.1 Å². The quantitative estimate of drug-likeness (QED) is 0.925. The fourth-order valence-electron chi connectivity index (χ4n) is 2.80. The average molecular weight is 304 g/mol. The molecule has 0 aliphatic carbocycles. The van der Waals surface area contributed by atoms with Gasteiger partial charge in [-0.2, -0.15) is 0 Å².